The summed E-state index contributed by atoms with van der Waals surface area (Å²) in [5, 5.41) is 2.61. The van der Waals surface area contributed by atoms with Crippen LogP contribution in [-0.4, -0.2) is 44.1 Å². The molecular weight excluding hydrogens is 401 g/mol. The van der Waals surface area contributed by atoms with Crippen molar-refractivity contribution in [3.63, 3.8) is 0 Å². The molecule has 0 saturated carbocycles. The van der Waals surface area contributed by atoms with E-state index in [1.807, 2.05) is 12.1 Å². The van der Waals surface area contributed by atoms with Crippen molar-refractivity contribution >= 4 is 23.7 Å². The van der Waals surface area contributed by atoms with Gasteiger partial charge in [-0.1, -0.05) is 12.1 Å². The molecule has 31 heavy (non-hydrogen) atoms. The maximum absolute atomic E-state index is 13.1. The summed E-state index contributed by atoms with van der Waals surface area (Å²) >= 11 is 0. The fraction of sp³-hybridized carbons (Fsp3) is 0.304. The van der Waals surface area contributed by atoms with Crippen LogP contribution >= 0.6 is 0 Å². The summed E-state index contributed by atoms with van der Waals surface area (Å²) in [6.45, 7) is 1.95. The number of ether oxygens (including phenoxy) is 2. The molecule has 2 aromatic rings. The van der Waals surface area contributed by atoms with Crippen molar-refractivity contribution in [2.45, 2.75) is 19.4 Å². The first-order chi connectivity index (χ1) is 15.0. The molecule has 2 aliphatic rings. The summed E-state index contributed by atoms with van der Waals surface area (Å²) in [4.78, 5) is 28.5. The highest BCUT2D eigenvalue weighted by molar-refractivity contribution is 6.14. The van der Waals surface area contributed by atoms with Crippen molar-refractivity contribution in [1.29, 1.82) is 0 Å². The van der Waals surface area contributed by atoms with Gasteiger partial charge in [-0.05, 0) is 42.7 Å². The molecule has 0 atom stereocenters. The predicted molar refractivity (Wildman–Crippen MR) is 114 cm³/mol. The van der Waals surface area contributed by atoms with Crippen molar-refractivity contribution in [2.24, 2.45) is 0 Å². The van der Waals surface area contributed by atoms with Gasteiger partial charge in [0.1, 0.15) is 23.0 Å². The van der Waals surface area contributed by atoms with Gasteiger partial charge in [-0.15, -0.1) is 0 Å². The van der Waals surface area contributed by atoms with Crippen LogP contribution in [0.4, 0.5) is 14.9 Å². The van der Waals surface area contributed by atoms with E-state index in [0.29, 0.717) is 22.6 Å². The number of methoxy groups -OCH3 is 2. The monoisotopic (exact) mass is 425 g/mol. The van der Waals surface area contributed by atoms with Gasteiger partial charge in [0, 0.05) is 24.7 Å². The van der Waals surface area contributed by atoms with E-state index >= 15 is 0 Å². The minimum absolute atomic E-state index is 0.0522. The highest BCUT2D eigenvalue weighted by atomic mass is 19.1. The maximum Gasteiger partial charge on any atom is 0.329 e. The molecule has 0 spiro atoms. The van der Waals surface area contributed by atoms with Gasteiger partial charge in [-0.25, -0.2) is 9.18 Å². The van der Waals surface area contributed by atoms with Gasteiger partial charge in [-0.2, -0.15) is 0 Å². The van der Waals surface area contributed by atoms with Gasteiger partial charge in [0.15, 0.2) is 0 Å². The van der Waals surface area contributed by atoms with Gasteiger partial charge < -0.3 is 19.7 Å². The van der Waals surface area contributed by atoms with Crippen LogP contribution in [0.15, 0.2) is 42.1 Å². The molecule has 2 fully saturated rings. The third kappa shape index (κ3) is 4.19. The Bertz CT molecular complexity index is 1030. The quantitative estimate of drug-likeness (QED) is 0.566. The topological polar surface area (TPSA) is 71.1 Å². The second-order valence-electron chi connectivity index (χ2n) is 7.47. The summed E-state index contributed by atoms with van der Waals surface area (Å²) in [6.07, 6.45) is 3.84. The highest BCUT2D eigenvalue weighted by Crippen LogP contribution is 2.38. The molecule has 0 aliphatic carbocycles. The minimum Gasteiger partial charge on any atom is -0.496 e. The summed E-state index contributed by atoms with van der Waals surface area (Å²) < 4.78 is 24.3. The zero-order valence-electron chi connectivity index (χ0n) is 17.5. The standard InChI is InChI=1S/C23H24FN3O4/c1-30-20-13-19(26-9-3-4-10-26)21(31-2)12-16(20)11-18-22(28)27(23(29)25-18)14-15-5-7-17(24)8-6-15/h5-8,11-13H,3-4,9-10,14H2,1-2H3,(H,25,29)/b18-11-. The third-order valence-electron chi connectivity index (χ3n) is 5.49. The number of halogens is 1. The normalized spacial score (nSPS) is 17.5. The second kappa shape index (κ2) is 8.67. The fourth-order valence-corrected chi connectivity index (χ4v) is 3.87. The lowest BCUT2D eigenvalue weighted by Crippen LogP contribution is -2.30. The Labute approximate surface area is 180 Å². The molecule has 7 nitrogen and oxygen atoms in total. The fourth-order valence-electron chi connectivity index (χ4n) is 3.87. The van der Waals surface area contributed by atoms with E-state index in [2.05, 4.69) is 10.2 Å². The molecule has 0 radical (unpaired) electrons. The van der Waals surface area contributed by atoms with Gasteiger partial charge in [0.2, 0.25) is 0 Å². The number of amides is 3. The van der Waals surface area contributed by atoms with Crippen molar-refractivity contribution < 1.29 is 23.5 Å². The van der Waals surface area contributed by atoms with Gasteiger partial charge >= 0.3 is 6.03 Å². The number of hydrogen-bond acceptors (Lipinski definition) is 5. The van der Waals surface area contributed by atoms with Crippen molar-refractivity contribution in [3.05, 3.63) is 59.0 Å². The van der Waals surface area contributed by atoms with E-state index in [4.69, 9.17) is 9.47 Å². The van der Waals surface area contributed by atoms with Crippen LogP contribution in [0, 0.1) is 5.82 Å². The number of urea groups is 1. The molecule has 2 aromatic carbocycles. The Morgan fingerprint density at radius 2 is 1.71 bits per heavy atom. The van der Waals surface area contributed by atoms with Crippen LogP contribution in [0.2, 0.25) is 0 Å². The zero-order valence-corrected chi connectivity index (χ0v) is 17.5. The van der Waals surface area contributed by atoms with Crippen LogP contribution in [-0.2, 0) is 11.3 Å². The van der Waals surface area contributed by atoms with Crippen LogP contribution in [0.1, 0.15) is 24.0 Å². The molecule has 4 rings (SSSR count). The Balaban J connectivity index is 1.62. The molecule has 2 heterocycles. The lowest BCUT2D eigenvalue weighted by atomic mass is 10.1. The molecule has 1 N–H and O–H groups in total. The molecule has 0 unspecified atom stereocenters. The van der Waals surface area contributed by atoms with Crippen LogP contribution < -0.4 is 19.7 Å². The Morgan fingerprint density at radius 1 is 1.03 bits per heavy atom. The molecular formula is C23H24FN3O4. The molecule has 8 heteroatoms. The van der Waals surface area contributed by atoms with Crippen LogP contribution in [0.25, 0.3) is 6.08 Å². The number of rotatable bonds is 6. The van der Waals surface area contributed by atoms with E-state index in [0.717, 1.165) is 36.5 Å². The van der Waals surface area contributed by atoms with E-state index < -0.39 is 11.9 Å². The van der Waals surface area contributed by atoms with E-state index in [-0.39, 0.29) is 18.1 Å². The lowest BCUT2D eigenvalue weighted by molar-refractivity contribution is -0.123. The van der Waals surface area contributed by atoms with Gasteiger partial charge in [-0.3, -0.25) is 9.69 Å². The zero-order chi connectivity index (χ0) is 22.0. The minimum atomic E-state index is -0.528. The largest absolute Gasteiger partial charge is 0.496 e. The Kier molecular flexibility index (Phi) is 5.79. The first-order valence-corrected chi connectivity index (χ1v) is 10.1. The number of nitrogens with one attached hydrogen (secondary N) is 1. The van der Waals surface area contributed by atoms with Gasteiger partial charge in [0.05, 0.1) is 26.5 Å². The summed E-state index contributed by atoms with van der Waals surface area (Å²) in [6, 6.07) is 8.86. The average Bonchev–Trinajstić information content (AvgIpc) is 3.39. The second-order valence-corrected chi connectivity index (χ2v) is 7.47. The van der Waals surface area contributed by atoms with E-state index in [1.54, 1.807) is 32.4 Å². The summed E-state index contributed by atoms with van der Waals surface area (Å²) in [5.41, 5.74) is 2.36. The Morgan fingerprint density at radius 3 is 2.35 bits per heavy atom. The smallest absolute Gasteiger partial charge is 0.329 e. The summed E-state index contributed by atoms with van der Waals surface area (Å²) in [7, 11) is 3.17. The van der Waals surface area contributed by atoms with Crippen molar-refractivity contribution in [3.8, 4) is 11.5 Å². The summed E-state index contributed by atoms with van der Waals surface area (Å²) in [5.74, 6) is 0.419. The molecule has 2 aliphatic heterocycles. The number of anilines is 1. The number of benzene rings is 2. The van der Waals surface area contributed by atoms with E-state index in [1.165, 1.54) is 12.1 Å². The molecule has 3 amide bonds. The first-order valence-electron chi connectivity index (χ1n) is 10.1. The molecule has 162 valence electrons. The lowest BCUT2D eigenvalue weighted by Gasteiger charge is -2.22. The highest BCUT2D eigenvalue weighted by Gasteiger charge is 2.34. The third-order valence-corrected chi connectivity index (χ3v) is 5.49. The van der Waals surface area contributed by atoms with Crippen LogP contribution in [0.5, 0.6) is 11.5 Å². The number of carbonyl (C=O) groups excluding carboxylic acids is 2. The number of imide groups is 1. The van der Waals surface area contributed by atoms with Crippen molar-refractivity contribution in [2.75, 3.05) is 32.2 Å². The molecule has 0 bridgehead atoms. The predicted octanol–water partition coefficient (Wildman–Crippen LogP) is 3.54. The molecule has 0 aromatic heterocycles. The first kappa shape index (κ1) is 20.7. The SMILES string of the molecule is COc1cc(N2CCCC2)c(OC)cc1/C=C1\NC(=O)N(Cc2ccc(F)cc2)C1=O. The number of carbonyl (C=O) groups is 2. The van der Waals surface area contributed by atoms with Crippen LogP contribution in [0.3, 0.4) is 0 Å². The van der Waals surface area contributed by atoms with E-state index in [9.17, 15) is 14.0 Å². The number of nitrogens with zero attached hydrogens (tertiary/aromatic N) is 2. The average molecular weight is 425 g/mol. The van der Waals surface area contributed by atoms with Gasteiger partial charge in [0.25, 0.3) is 5.91 Å². The molecule has 2 saturated heterocycles. The van der Waals surface area contributed by atoms with Crippen molar-refractivity contribution in [1.82, 2.24) is 10.2 Å². The number of hydrogen-bond donors (Lipinski definition) is 1. The Hall–Kier alpha value is -3.55. The maximum atomic E-state index is 13.1.